The first-order valence-electron chi connectivity index (χ1n) is 7.97. The largest absolute Gasteiger partial charge is 0.493 e. The lowest BCUT2D eigenvalue weighted by Gasteiger charge is -2.29. The van der Waals surface area contributed by atoms with E-state index in [0.29, 0.717) is 22.7 Å². The van der Waals surface area contributed by atoms with Crippen LogP contribution < -0.4 is 19.1 Å². The predicted octanol–water partition coefficient (Wildman–Crippen LogP) is 1.57. The van der Waals surface area contributed by atoms with E-state index in [1.807, 2.05) is 18.2 Å². The Bertz CT molecular complexity index is 928. The van der Waals surface area contributed by atoms with Gasteiger partial charge in [-0.05, 0) is 30.2 Å². The molecule has 2 aromatic carbocycles. The molecular formula is C18H20N2O5S. The highest BCUT2D eigenvalue weighted by atomic mass is 32.2. The monoisotopic (exact) mass is 376 g/mol. The number of nitrogens with one attached hydrogen (secondary N) is 1. The lowest BCUT2D eigenvalue weighted by atomic mass is 10.0. The first-order chi connectivity index (χ1) is 12.4. The summed E-state index contributed by atoms with van der Waals surface area (Å²) in [4.78, 5) is 14.4. The summed E-state index contributed by atoms with van der Waals surface area (Å²) < 4.78 is 38.2. The van der Waals surface area contributed by atoms with Gasteiger partial charge in [0.1, 0.15) is 6.04 Å². The van der Waals surface area contributed by atoms with Gasteiger partial charge in [0.05, 0.1) is 19.1 Å². The summed E-state index contributed by atoms with van der Waals surface area (Å²) in [6.07, 6.45) is 0.227. The Kier molecular flexibility index (Phi) is 4.88. The number of hydrogen-bond acceptors (Lipinski definition) is 5. The molecule has 1 aliphatic rings. The van der Waals surface area contributed by atoms with E-state index in [9.17, 15) is 13.2 Å². The molecule has 1 unspecified atom stereocenters. The van der Waals surface area contributed by atoms with Crippen molar-refractivity contribution < 1.29 is 22.7 Å². The lowest BCUT2D eigenvalue weighted by molar-refractivity contribution is -0.119. The number of anilines is 1. The van der Waals surface area contributed by atoms with Gasteiger partial charge < -0.3 is 14.4 Å². The molecule has 0 radical (unpaired) electrons. The van der Waals surface area contributed by atoms with Gasteiger partial charge in [0.2, 0.25) is 15.9 Å². The molecule has 0 aromatic heterocycles. The van der Waals surface area contributed by atoms with Crippen LogP contribution in [0.25, 0.3) is 0 Å². The number of rotatable bonds is 4. The van der Waals surface area contributed by atoms with Gasteiger partial charge in [-0.25, -0.2) is 8.42 Å². The van der Waals surface area contributed by atoms with Crippen LogP contribution in [-0.2, 0) is 21.2 Å². The Labute approximate surface area is 152 Å². The quantitative estimate of drug-likeness (QED) is 0.876. The lowest BCUT2D eigenvalue weighted by Crippen LogP contribution is -2.51. The summed E-state index contributed by atoms with van der Waals surface area (Å²) in [5.41, 5.74) is 1.20. The summed E-state index contributed by atoms with van der Waals surface area (Å²) in [5, 5.41) is 0. The second kappa shape index (κ2) is 6.97. The van der Waals surface area contributed by atoms with Crippen molar-refractivity contribution >= 4 is 21.6 Å². The Balaban J connectivity index is 1.96. The SMILES string of the molecule is COc1cc2c(cc1OC)S(=O)(=O)NC(C(=O)N(C)c1ccccc1)C2. The Morgan fingerprint density at radius 1 is 1.12 bits per heavy atom. The minimum atomic E-state index is -3.84. The molecule has 8 heteroatoms. The van der Waals surface area contributed by atoms with E-state index in [1.54, 1.807) is 25.2 Å². The third kappa shape index (κ3) is 3.25. The first-order valence-corrected chi connectivity index (χ1v) is 9.45. The van der Waals surface area contributed by atoms with Crippen molar-refractivity contribution in [3.05, 3.63) is 48.0 Å². The number of likely N-dealkylation sites (N-methyl/N-ethyl adjacent to an activating group) is 1. The van der Waals surface area contributed by atoms with E-state index in [4.69, 9.17) is 9.47 Å². The smallest absolute Gasteiger partial charge is 0.245 e. The Morgan fingerprint density at radius 2 is 1.73 bits per heavy atom. The third-order valence-electron chi connectivity index (χ3n) is 4.35. The molecule has 3 rings (SSSR count). The van der Waals surface area contributed by atoms with E-state index in [1.165, 1.54) is 25.2 Å². The van der Waals surface area contributed by atoms with E-state index < -0.39 is 16.1 Å². The number of carbonyl (C=O) groups excluding carboxylic acids is 1. The number of nitrogens with zero attached hydrogens (tertiary/aromatic N) is 1. The van der Waals surface area contributed by atoms with Crippen LogP contribution in [0.4, 0.5) is 5.69 Å². The molecular weight excluding hydrogens is 356 g/mol. The minimum absolute atomic E-state index is 0.0987. The Hall–Kier alpha value is -2.58. The highest BCUT2D eigenvalue weighted by molar-refractivity contribution is 7.89. The average Bonchev–Trinajstić information content (AvgIpc) is 2.65. The molecule has 0 saturated heterocycles. The second-order valence-electron chi connectivity index (χ2n) is 5.93. The number of hydrogen-bond donors (Lipinski definition) is 1. The van der Waals surface area contributed by atoms with E-state index in [0.717, 1.165) is 0 Å². The number of benzene rings is 2. The number of para-hydroxylation sites is 1. The molecule has 0 aliphatic carbocycles. The molecule has 1 N–H and O–H groups in total. The van der Waals surface area contributed by atoms with Crippen LogP contribution in [-0.4, -0.2) is 41.6 Å². The fourth-order valence-corrected chi connectivity index (χ4v) is 4.41. The topological polar surface area (TPSA) is 84.9 Å². The van der Waals surface area contributed by atoms with Crippen LogP contribution in [0.1, 0.15) is 5.56 Å². The molecule has 1 aliphatic heterocycles. The normalized spacial score (nSPS) is 17.9. The van der Waals surface area contributed by atoms with Crippen molar-refractivity contribution in [2.24, 2.45) is 0 Å². The van der Waals surface area contributed by atoms with Gasteiger partial charge in [-0.1, -0.05) is 18.2 Å². The van der Waals surface area contributed by atoms with E-state index >= 15 is 0 Å². The second-order valence-corrected chi connectivity index (χ2v) is 7.61. The molecule has 26 heavy (non-hydrogen) atoms. The Morgan fingerprint density at radius 3 is 2.35 bits per heavy atom. The summed E-state index contributed by atoms with van der Waals surface area (Å²) in [5.74, 6) is 0.411. The van der Waals surface area contributed by atoms with Crippen LogP contribution in [0.2, 0.25) is 0 Å². The molecule has 1 atom stereocenters. The van der Waals surface area contributed by atoms with Crippen LogP contribution in [0.3, 0.4) is 0 Å². The third-order valence-corrected chi connectivity index (χ3v) is 5.90. The number of carbonyl (C=O) groups is 1. The molecule has 1 amide bonds. The molecule has 0 bridgehead atoms. The molecule has 138 valence electrons. The summed E-state index contributed by atoms with van der Waals surface area (Å²) in [6.45, 7) is 0. The van der Waals surface area contributed by atoms with Crippen LogP contribution >= 0.6 is 0 Å². The highest BCUT2D eigenvalue weighted by Gasteiger charge is 2.36. The number of sulfonamides is 1. The van der Waals surface area contributed by atoms with Crippen LogP contribution in [0, 0.1) is 0 Å². The van der Waals surface area contributed by atoms with Gasteiger partial charge in [0.25, 0.3) is 0 Å². The number of methoxy groups -OCH3 is 2. The maximum Gasteiger partial charge on any atom is 0.245 e. The van der Waals surface area contributed by atoms with Gasteiger partial charge in [0.15, 0.2) is 11.5 Å². The minimum Gasteiger partial charge on any atom is -0.493 e. The van der Waals surface area contributed by atoms with Crippen molar-refractivity contribution in [3.8, 4) is 11.5 Å². The number of ether oxygens (including phenoxy) is 2. The summed E-state index contributed by atoms with van der Waals surface area (Å²) in [7, 11) is 0.695. The van der Waals surface area contributed by atoms with Crippen molar-refractivity contribution in [2.45, 2.75) is 17.4 Å². The fraction of sp³-hybridized carbons (Fsp3) is 0.278. The van der Waals surface area contributed by atoms with Gasteiger partial charge in [-0.15, -0.1) is 0 Å². The van der Waals surface area contributed by atoms with Crippen LogP contribution in [0.5, 0.6) is 11.5 Å². The standard InChI is InChI=1S/C18H20N2O5S/c1-20(13-7-5-4-6-8-13)18(21)14-9-12-10-15(24-2)16(25-3)11-17(12)26(22,23)19-14/h4-8,10-11,14,19H,9H2,1-3H3. The molecule has 0 fully saturated rings. The molecule has 0 spiro atoms. The van der Waals surface area contributed by atoms with Gasteiger partial charge in [0, 0.05) is 18.8 Å². The molecule has 0 saturated carbocycles. The van der Waals surface area contributed by atoms with Crippen molar-refractivity contribution in [1.29, 1.82) is 0 Å². The van der Waals surface area contributed by atoms with Crippen molar-refractivity contribution in [2.75, 3.05) is 26.2 Å². The van der Waals surface area contributed by atoms with E-state index in [-0.39, 0.29) is 17.2 Å². The summed E-state index contributed by atoms with van der Waals surface area (Å²) in [6, 6.07) is 11.2. The first kappa shape index (κ1) is 18.2. The highest BCUT2D eigenvalue weighted by Crippen LogP contribution is 2.35. The van der Waals surface area contributed by atoms with Crippen LogP contribution in [0.15, 0.2) is 47.4 Å². The van der Waals surface area contributed by atoms with Crippen molar-refractivity contribution in [1.82, 2.24) is 4.72 Å². The maximum absolute atomic E-state index is 12.8. The van der Waals surface area contributed by atoms with Gasteiger partial charge in [-0.3, -0.25) is 4.79 Å². The maximum atomic E-state index is 12.8. The zero-order chi connectivity index (χ0) is 18.9. The van der Waals surface area contributed by atoms with Crippen molar-refractivity contribution in [3.63, 3.8) is 0 Å². The predicted molar refractivity (Wildman–Crippen MR) is 97.2 cm³/mol. The zero-order valence-corrected chi connectivity index (χ0v) is 15.5. The van der Waals surface area contributed by atoms with E-state index in [2.05, 4.69) is 4.72 Å². The zero-order valence-electron chi connectivity index (χ0n) is 14.7. The summed E-state index contributed by atoms with van der Waals surface area (Å²) >= 11 is 0. The molecule has 7 nitrogen and oxygen atoms in total. The number of fused-ring (bicyclic) bond motifs is 1. The fourth-order valence-electron chi connectivity index (χ4n) is 2.97. The van der Waals surface area contributed by atoms with Gasteiger partial charge >= 0.3 is 0 Å². The van der Waals surface area contributed by atoms with Gasteiger partial charge in [-0.2, -0.15) is 4.72 Å². The molecule has 2 aromatic rings. The molecule has 1 heterocycles. The average molecular weight is 376 g/mol. The number of amides is 1.